The van der Waals surface area contributed by atoms with Crippen molar-refractivity contribution in [2.24, 2.45) is 5.92 Å². The van der Waals surface area contributed by atoms with E-state index in [0.717, 1.165) is 30.6 Å². The van der Waals surface area contributed by atoms with Gasteiger partial charge in [0.25, 0.3) is 0 Å². The van der Waals surface area contributed by atoms with Crippen molar-refractivity contribution in [2.75, 3.05) is 6.61 Å². The lowest BCUT2D eigenvalue weighted by molar-refractivity contribution is 0.108. The molecule has 17 heavy (non-hydrogen) atoms. The van der Waals surface area contributed by atoms with E-state index in [1.54, 1.807) is 0 Å². The normalized spacial score (nSPS) is 19.5. The van der Waals surface area contributed by atoms with Gasteiger partial charge < -0.3 is 9.84 Å². The summed E-state index contributed by atoms with van der Waals surface area (Å²) in [6, 6.07) is 8.02. The monoisotopic (exact) mass is 232 g/mol. The molecule has 1 aliphatic rings. The molecule has 0 saturated carbocycles. The Bertz CT molecular complexity index is 384. The van der Waals surface area contributed by atoms with E-state index in [2.05, 4.69) is 19.1 Å². The first-order valence-electron chi connectivity index (χ1n) is 6.40. The third kappa shape index (κ3) is 2.89. The van der Waals surface area contributed by atoms with Crippen LogP contribution >= 0.6 is 0 Å². The summed E-state index contributed by atoms with van der Waals surface area (Å²) in [4.78, 5) is 0. The van der Waals surface area contributed by atoms with Gasteiger partial charge in [-0.15, -0.1) is 0 Å². The number of hydrogen-bond donors (Lipinski definition) is 1. The maximum absolute atomic E-state index is 9.44. The zero-order valence-electron chi connectivity index (χ0n) is 10.3. The van der Waals surface area contributed by atoms with Crippen molar-refractivity contribution in [3.8, 4) is 5.75 Å². The summed E-state index contributed by atoms with van der Waals surface area (Å²) in [5.74, 6) is 1.13. The molecule has 2 heteroatoms. The predicted molar refractivity (Wildman–Crippen MR) is 70.0 cm³/mol. The minimum absolute atomic E-state index is 0.0152. The summed E-state index contributed by atoms with van der Waals surface area (Å²) in [5, 5.41) is 9.44. The molecule has 0 aromatic heterocycles. The molecule has 1 aromatic rings. The number of hydrogen-bond acceptors (Lipinski definition) is 2. The summed E-state index contributed by atoms with van der Waals surface area (Å²) < 4.78 is 5.94. The summed E-state index contributed by atoms with van der Waals surface area (Å²) in [5.41, 5.74) is 1.12. The van der Waals surface area contributed by atoms with E-state index in [0.29, 0.717) is 0 Å². The second kappa shape index (κ2) is 5.87. The fraction of sp³-hybridized carbons (Fsp3) is 0.467. The molecule has 92 valence electrons. The molecule has 2 nitrogen and oxygen atoms in total. The third-order valence-electron chi connectivity index (χ3n) is 3.28. The highest BCUT2D eigenvalue weighted by molar-refractivity contribution is 5.59. The van der Waals surface area contributed by atoms with E-state index in [1.807, 2.05) is 24.3 Å². The van der Waals surface area contributed by atoms with Gasteiger partial charge in [0, 0.05) is 18.1 Å². The molecule has 0 aliphatic carbocycles. The Morgan fingerprint density at radius 1 is 1.35 bits per heavy atom. The Kier molecular flexibility index (Phi) is 4.21. The van der Waals surface area contributed by atoms with Crippen LogP contribution in [0.1, 0.15) is 31.7 Å². The van der Waals surface area contributed by atoms with Crippen molar-refractivity contribution >= 4 is 6.08 Å². The van der Waals surface area contributed by atoms with Gasteiger partial charge in [-0.1, -0.05) is 44.0 Å². The number of benzene rings is 1. The molecule has 0 spiro atoms. The van der Waals surface area contributed by atoms with Crippen LogP contribution in [0.3, 0.4) is 0 Å². The Balaban J connectivity index is 2.05. The molecule has 2 rings (SSSR count). The summed E-state index contributed by atoms with van der Waals surface area (Å²) >= 11 is 0. The van der Waals surface area contributed by atoms with Gasteiger partial charge in [0.1, 0.15) is 11.9 Å². The van der Waals surface area contributed by atoms with Gasteiger partial charge in [-0.3, -0.25) is 0 Å². The highest BCUT2D eigenvalue weighted by atomic mass is 16.5. The lowest BCUT2D eigenvalue weighted by Gasteiger charge is -2.27. The molecule has 0 bridgehead atoms. The van der Waals surface area contributed by atoms with Gasteiger partial charge >= 0.3 is 0 Å². The zero-order chi connectivity index (χ0) is 12.1. The van der Waals surface area contributed by atoms with E-state index >= 15 is 0 Å². The highest BCUT2D eigenvalue weighted by Gasteiger charge is 2.23. The van der Waals surface area contributed by atoms with Crippen LogP contribution in [0.4, 0.5) is 0 Å². The molecule has 0 radical (unpaired) electrons. The molecule has 1 heterocycles. The van der Waals surface area contributed by atoms with Crippen molar-refractivity contribution in [2.45, 2.75) is 32.3 Å². The zero-order valence-corrected chi connectivity index (χ0v) is 10.3. The first-order chi connectivity index (χ1) is 8.35. The largest absolute Gasteiger partial charge is 0.485 e. The average molecular weight is 232 g/mol. The summed E-state index contributed by atoms with van der Waals surface area (Å²) in [7, 11) is 0. The number of rotatable bonds is 5. The maximum atomic E-state index is 9.44. The van der Waals surface area contributed by atoms with Crippen LogP contribution in [0, 0.1) is 5.92 Å². The fourth-order valence-corrected chi connectivity index (χ4v) is 2.19. The van der Waals surface area contributed by atoms with Gasteiger partial charge in [-0.25, -0.2) is 0 Å². The number of unbranched alkanes of at least 4 members (excludes halogenated alkanes) is 1. The van der Waals surface area contributed by atoms with Crippen molar-refractivity contribution < 1.29 is 9.84 Å². The molecule has 0 fully saturated rings. The van der Waals surface area contributed by atoms with E-state index < -0.39 is 0 Å². The SMILES string of the molecule is CCCCC(CO)C1C=Cc2ccccc2O1. The molecule has 0 amide bonds. The minimum atomic E-state index is 0.0152. The van der Waals surface area contributed by atoms with Crippen LogP contribution in [-0.4, -0.2) is 17.8 Å². The average Bonchev–Trinajstić information content (AvgIpc) is 2.39. The Morgan fingerprint density at radius 2 is 2.18 bits per heavy atom. The summed E-state index contributed by atoms with van der Waals surface area (Å²) in [6.45, 7) is 2.36. The van der Waals surface area contributed by atoms with Gasteiger partial charge in [-0.2, -0.15) is 0 Å². The van der Waals surface area contributed by atoms with Crippen LogP contribution in [0.5, 0.6) is 5.75 Å². The van der Waals surface area contributed by atoms with E-state index in [-0.39, 0.29) is 18.6 Å². The number of aliphatic hydroxyl groups excluding tert-OH is 1. The molecule has 1 aliphatic heterocycles. The van der Waals surface area contributed by atoms with Crippen molar-refractivity contribution in [3.05, 3.63) is 35.9 Å². The van der Waals surface area contributed by atoms with Gasteiger partial charge in [0.15, 0.2) is 0 Å². The smallest absolute Gasteiger partial charge is 0.127 e. The molecule has 1 aromatic carbocycles. The predicted octanol–water partition coefficient (Wildman–Crippen LogP) is 3.26. The topological polar surface area (TPSA) is 29.5 Å². The van der Waals surface area contributed by atoms with E-state index in [1.165, 1.54) is 0 Å². The Labute approximate surface area is 103 Å². The Hall–Kier alpha value is -1.28. The van der Waals surface area contributed by atoms with Gasteiger partial charge in [-0.05, 0) is 18.6 Å². The second-order valence-corrected chi connectivity index (χ2v) is 4.56. The van der Waals surface area contributed by atoms with Crippen LogP contribution in [0.15, 0.2) is 30.3 Å². The van der Waals surface area contributed by atoms with Crippen molar-refractivity contribution in [3.63, 3.8) is 0 Å². The van der Waals surface area contributed by atoms with Crippen LogP contribution in [0.25, 0.3) is 6.08 Å². The van der Waals surface area contributed by atoms with Crippen molar-refractivity contribution in [1.29, 1.82) is 0 Å². The summed E-state index contributed by atoms with van der Waals surface area (Å²) in [6.07, 6.45) is 7.49. The lowest BCUT2D eigenvalue weighted by Crippen LogP contribution is -2.29. The minimum Gasteiger partial charge on any atom is -0.485 e. The van der Waals surface area contributed by atoms with Gasteiger partial charge in [0.05, 0.1) is 0 Å². The number of aliphatic hydroxyl groups is 1. The van der Waals surface area contributed by atoms with E-state index in [9.17, 15) is 5.11 Å². The molecule has 0 saturated heterocycles. The second-order valence-electron chi connectivity index (χ2n) is 4.56. The van der Waals surface area contributed by atoms with Crippen LogP contribution in [-0.2, 0) is 0 Å². The molecule has 2 atom stereocenters. The van der Waals surface area contributed by atoms with Crippen LogP contribution in [0.2, 0.25) is 0 Å². The first-order valence-corrected chi connectivity index (χ1v) is 6.40. The standard InChI is InChI=1S/C15H20O2/c1-2-3-6-13(11-16)15-10-9-12-7-4-5-8-14(12)17-15/h4-5,7-10,13,15-16H,2-3,6,11H2,1H3. The van der Waals surface area contributed by atoms with Gasteiger partial charge in [0.2, 0.25) is 0 Å². The van der Waals surface area contributed by atoms with Crippen LogP contribution < -0.4 is 4.74 Å². The fourth-order valence-electron chi connectivity index (χ4n) is 2.19. The third-order valence-corrected chi connectivity index (χ3v) is 3.28. The maximum Gasteiger partial charge on any atom is 0.127 e. The number of ether oxygens (including phenoxy) is 1. The van der Waals surface area contributed by atoms with E-state index in [4.69, 9.17) is 4.74 Å². The Morgan fingerprint density at radius 3 is 2.94 bits per heavy atom. The quantitative estimate of drug-likeness (QED) is 0.844. The van der Waals surface area contributed by atoms with Crippen molar-refractivity contribution in [1.82, 2.24) is 0 Å². The first kappa shape index (κ1) is 12.2. The molecule has 2 unspecified atom stereocenters. The molecular formula is C15H20O2. The number of fused-ring (bicyclic) bond motifs is 1. The molecular weight excluding hydrogens is 212 g/mol. The highest BCUT2D eigenvalue weighted by Crippen LogP contribution is 2.29. The molecule has 1 N–H and O–H groups in total. The number of para-hydroxylation sites is 1. The lowest BCUT2D eigenvalue weighted by atomic mass is 9.94.